The Kier molecular flexibility index (Phi) is 6.86. The molecule has 1 aromatic heterocycles. The van der Waals surface area contributed by atoms with E-state index in [1.165, 1.54) is 6.20 Å². The van der Waals surface area contributed by atoms with Gasteiger partial charge in [-0.1, -0.05) is 35.4 Å². The van der Waals surface area contributed by atoms with E-state index in [0.717, 1.165) is 20.3 Å². The highest BCUT2D eigenvalue weighted by atomic mass is 79.9. The lowest BCUT2D eigenvalue weighted by Gasteiger charge is -2.12. The lowest BCUT2D eigenvalue weighted by Crippen LogP contribution is -2.43. The number of carbonyl (C=O) groups is 2. The van der Waals surface area contributed by atoms with Gasteiger partial charge in [0.2, 0.25) is 11.8 Å². The zero-order valence-electron chi connectivity index (χ0n) is 17.0. The Balaban J connectivity index is 1.77. The molecule has 0 aliphatic rings. The fourth-order valence-electron chi connectivity index (χ4n) is 2.84. The molecule has 3 aromatic rings. The van der Waals surface area contributed by atoms with E-state index in [0.29, 0.717) is 11.4 Å². The minimum absolute atomic E-state index is 0.0679. The minimum Gasteiger partial charge on any atom is -0.325 e. The van der Waals surface area contributed by atoms with Gasteiger partial charge in [0, 0.05) is 17.6 Å². The molecular formula is C22H21BrN4O4. The summed E-state index contributed by atoms with van der Waals surface area (Å²) in [7, 11) is 0. The Hall–Kier alpha value is -3.46. The van der Waals surface area contributed by atoms with E-state index >= 15 is 0 Å². The molecule has 0 radical (unpaired) electrons. The van der Waals surface area contributed by atoms with Crippen molar-refractivity contribution in [2.24, 2.45) is 0 Å². The second-order valence-electron chi connectivity index (χ2n) is 7.11. The van der Waals surface area contributed by atoms with E-state index in [1.54, 1.807) is 24.3 Å². The van der Waals surface area contributed by atoms with E-state index < -0.39 is 29.6 Å². The van der Waals surface area contributed by atoms with Crippen LogP contribution in [0.25, 0.3) is 0 Å². The maximum Gasteiger partial charge on any atom is 0.332 e. The summed E-state index contributed by atoms with van der Waals surface area (Å²) < 4.78 is 1.93. The van der Waals surface area contributed by atoms with Crippen molar-refractivity contribution in [2.45, 2.75) is 26.9 Å². The summed E-state index contributed by atoms with van der Waals surface area (Å²) in [6, 6.07) is 14.3. The third-order valence-corrected chi connectivity index (χ3v) is 5.03. The van der Waals surface area contributed by atoms with Crippen molar-refractivity contribution in [3.05, 3.63) is 91.2 Å². The molecule has 9 heteroatoms. The molecule has 1 heterocycles. The van der Waals surface area contributed by atoms with Crippen LogP contribution in [0.5, 0.6) is 0 Å². The molecule has 0 saturated heterocycles. The number of nitrogens with one attached hydrogen (secondary N) is 2. The number of hydrogen-bond donors (Lipinski definition) is 2. The number of nitrogens with zero attached hydrogens (tertiary/aromatic N) is 2. The minimum atomic E-state index is -0.758. The molecule has 8 nitrogen and oxygen atoms in total. The molecule has 0 atom stereocenters. The first-order valence-corrected chi connectivity index (χ1v) is 10.2. The van der Waals surface area contributed by atoms with Crippen molar-refractivity contribution in [3.8, 4) is 0 Å². The number of halogens is 1. The van der Waals surface area contributed by atoms with Crippen molar-refractivity contribution in [2.75, 3.05) is 10.6 Å². The van der Waals surface area contributed by atoms with Gasteiger partial charge in [-0.3, -0.25) is 19.0 Å². The zero-order valence-corrected chi connectivity index (χ0v) is 18.6. The lowest BCUT2D eigenvalue weighted by atomic mass is 10.2. The molecule has 0 unspecified atom stereocenters. The van der Waals surface area contributed by atoms with Crippen LogP contribution in [0.15, 0.2) is 68.8 Å². The number of rotatable bonds is 6. The van der Waals surface area contributed by atoms with Crippen molar-refractivity contribution >= 4 is 39.1 Å². The molecule has 0 fully saturated rings. The summed E-state index contributed by atoms with van der Waals surface area (Å²) >= 11 is 3.10. The number of benzene rings is 2. The van der Waals surface area contributed by atoms with Crippen LogP contribution in [-0.2, 0) is 22.7 Å². The highest BCUT2D eigenvalue weighted by Gasteiger charge is 2.15. The summed E-state index contributed by atoms with van der Waals surface area (Å²) in [6.07, 6.45) is 1.24. The maximum atomic E-state index is 12.8. The van der Waals surface area contributed by atoms with Crippen molar-refractivity contribution in [1.29, 1.82) is 0 Å². The Morgan fingerprint density at radius 1 is 0.806 bits per heavy atom. The van der Waals surface area contributed by atoms with Gasteiger partial charge in [-0.05, 0) is 54.0 Å². The van der Waals surface area contributed by atoms with Crippen LogP contribution in [-0.4, -0.2) is 20.9 Å². The van der Waals surface area contributed by atoms with E-state index in [4.69, 9.17) is 0 Å². The molecule has 3 rings (SSSR count). The van der Waals surface area contributed by atoms with Gasteiger partial charge in [0.15, 0.2) is 0 Å². The standard InChI is InChI=1S/C22H21BrN4O4/c1-14-3-7-16(8-4-14)24-19(28)12-26-11-18(23)21(30)27(22(26)31)13-20(29)25-17-9-5-15(2)6-10-17/h3-11H,12-13H2,1-2H3,(H,24,28)(H,25,29). The monoisotopic (exact) mass is 484 g/mol. The average molecular weight is 485 g/mol. The van der Waals surface area contributed by atoms with Crippen molar-refractivity contribution in [3.63, 3.8) is 0 Å². The van der Waals surface area contributed by atoms with E-state index in [1.807, 2.05) is 38.1 Å². The molecule has 2 N–H and O–H groups in total. The first-order chi connectivity index (χ1) is 14.7. The van der Waals surface area contributed by atoms with Gasteiger partial charge in [0.05, 0.1) is 4.47 Å². The van der Waals surface area contributed by atoms with E-state index in [2.05, 4.69) is 26.6 Å². The fourth-order valence-corrected chi connectivity index (χ4v) is 3.31. The van der Waals surface area contributed by atoms with E-state index in [-0.39, 0.29) is 11.0 Å². The predicted octanol–water partition coefficient (Wildman–Crippen LogP) is 2.67. The van der Waals surface area contributed by atoms with E-state index in [9.17, 15) is 19.2 Å². The predicted molar refractivity (Wildman–Crippen MR) is 122 cm³/mol. The normalized spacial score (nSPS) is 10.5. The highest BCUT2D eigenvalue weighted by molar-refractivity contribution is 9.10. The van der Waals surface area contributed by atoms with Crippen LogP contribution in [0.1, 0.15) is 11.1 Å². The van der Waals surface area contributed by atoms with Gasteiger partial charge in [-0.2, -0.15) is 0 Å². The summed E-state index contributed by atoms with van der Waals surface area (Å²) in [4.78, 5) is 49.9. The first-order valence-electron chi connectivity index (χ1n) is 9.46. The topological polar surface area (TPSA) is 102 Å². The summed E-state index contributed by atoms with van der Waals surface area (Å²) in [6.45, 7) is 3.06. The number of anilines is 2. The van der Waals surface area contributed by atoms with Gasteiger partial charge in [-0.15, -0.1) is 0 Å². The molecule has 0 spiro atoms. The highest BCUT2D eigenvalue weighted by Crippen LogP contribution is 2.10. The Labute approximate surface area is 186 Å². The van der Waals surface area contributed by atoms with Gasteiger partial charge in [-0.25, -0.2) is 9.36 Å². The van der Waals surface area contributed by atoms with Gasteiger partial charge in [0.25, 0.3) is 5.56 Å². The largest absolute Gasteiger partial charge is 0.332 e. The SMILES string of the molecule is Cc1ccc(NC(=O)Cn2cc(Br)c(=O)n(CC(=O)Nc3ccc(C)cc3)c2=O)cc1. The van der Waals surface area contributed by atoms with Crippen molar-refractivity contribution < 1.29 is 9.59 Å². The zero-order chi connectivity index (χ0) is 22.5. The van der Waals surface area contributed by atoms with Crippen LogP contribution < -0.4 is 21.9 Å². The second kappa shape index (κ2) is 9.57. The Morgan fingerprint density at radius 2 is 1.26 bits per heavy atom. The summed E-state index contributed by atoms with van der Waals surface area (Å²) in [5.41, 5.74) is 1.82. The Morgan fingerprint density at radius 3 is 1.74 bits per heavy atom. The summed E-state index contributed by atoms with van der Waals surface area (Å²) in [5, 5.41) is 5.34. The van der Waals surface area contributed by atoms with Crippen LogP contribution in [0.3, 0.4) is 0 Å². The number of aryl methyl sites for hydroxylation is 2. The van der Waals surface area contributed by atoms with Gasteiger partial charge in [0.1, 0.15) is 13.1 Å². The quantitative estimate of drug-likeness (QED) is 0.561. The van der Waals surface area contributed by atoms with Crippen LogP contribution in [0.2, 0.25) is 0 Å². The number of aromatic nitrogens is 2. The maximum absolute atomic E-state index is 12.8. The first kappa shape index (κ1) is 22.2. The average Bonchev–Trinajstić information content (AvgIpc) is 2.73. The molecule has 2 aromatic carbocycles. The Bertz CT molecular complexity index is 1230. The molecule has 0 aliphatic heterocycles. The van der Waals surface area contributed by atoms with Crippen LogP contribution in [0.4, 0.5) is 11.4 Å². The molecule has 0 aliphatic carbocycles. The van der Waals surface area contributed by atoms with Crippen LogP contribution >= 0.6 is 15.9 Å². The summed E-state index contributed by atoms with van der Waals surface area (Å²) in [5.74, 6) is -0.969. The third kappa shape index (κ3) is 5.79. The van der Waals surface area contributed by atoms with Crippen LogP contribution in [0, 0.1) is 13.8 Å². The molecule has 160 valence electrons. The fraction of sp³-hybridized carbons (Fsp3) is 0.182. The number of hydrogen-bond acceptors (Lipinski definition) is 4. The van der Waals surface area contributed by atoms with Gasteiger partial charge < -0.3 is 10.6 Å². The second-order valence-corrected chi connectivity index (χ2v) is 7.96. The smallest absolute Gasteiger partial charge is 0.325 e. The molecular weight excluding hydrogens is 464 g/mol. The molecule has 31 heavy (non-hydrogen) atoms. The lowest BCUT2D eigenvalue weighted by molar-refractivity contribution is -0.117. The number of carbonyl (C=O) groups excluding carboxylic acids is 2. The molecule has 0 saturated carbocycles. The van der Waals surface area contributed by atoms with Gasteiger partial charge >= 0.3 is 5.69 Å². The molecule has 2 amide bonds. The number of amides is 2. The van der Waals surface area contributed by atoms with Crippen molar-refractivity contribution in [1.82, 2.24) is 9.13 Å². The molecule has 0 bridgehead atoms. The third-order valence-electron chi connectivity index (χ3n) is 4.48.